The minimum absolute atomic E-state index is 0.0435. The van der Waals surface area contributed by atoms with Crippen molar-refractivity contribution in [3.05, 3.63) is 123 Å². The molecular formula is C31H26FN3O3S. The summed E-state index contributed by atoms with van der Waals surface area (Å²) in [4.78, 5) is 29.5. The molecule has 0 saturated carbocycles. The Kier molecular flexibility index (Phi) is 6.94. The average molecular weight is 540 g/mol. The van der Waals surface area contributed by atoms with Gasteiger partial charge in [-0.1, -0.05) is 54.6 Å². The van der Waals surface area contributed by atoms with E-state index in [0.717, 1.165) is 27.3 Å². The van der Waals surface area contributed by atoms with Gasteiger partial charge in [0.15, 0.2) is 6.61 Å². The van der Waals surface area contributed by atoms with Gasteiger partial charge in [0.2, 0.25) is 0 Å². The molecule has 2 aliphatic heterocycles. The van der Waals surface area contributed by atoms with E-state index in [2.05, 4.69) is 5.10 Å². The van der Waals surface area contributed by atoms with Crippen LogP contribution in [0.4, 0.5) is 4.39 Å². The molecule has 0 fully saturated rings. The van der Waals surface area contributed by atoms with Gasteiger partial charge in [-0.3, -0.25) is 9.59 Å². The minimum atomic E-state index is -0.350. The number of halogens is 1. The summed E-state index contributed by atoms with van der Waals surface area (Å²) in [5.41, 5.74) is 4.12. The molecule has 0 spiro atoms. The Bertz CT molecular complexity index is 1520. The molecule has 4 aromatic rings. The van der Waals surface area contributed by atoms with Crippen molar-refractivity contribution in [1.82, 2.24) is 9.91 Å². The van der Waals surface area contributed by atoms with Crippen LogP contribution in [-0.4, -0.2) is 40.6 Å². The minimum Gasteiger partial charge on any atom is -0.483 e. The molecule has 6 rings (SSSR count). The van der Waals surface area contributed by atoms with Crippen LogP contribution in [0.3, 0.4) is 0 Å². The third kappa shape index (κ3) is 5.20. The van der Waals surface area contributed by atoms with Crippen LogP contribution in [-0.2, 0) is 17.8 Å². The molecule has 2 aliphatic rings. The maximum Gasteiger partial charge on any atom is 0.281 e. The highest BCUT2D eigenvalue weighted by molar-refractivity contribution is 7.12. The van der Waals surface area contributed by atoms with Crippen LogP contribution >= 0.6 is 11.3 Å². The van der Waals surface area contributed by atoms with Gasteiger partial charge in [-0.05, 0) is 53.3 Å². The molecule has 0 saturated heterocycles. The van der Waals surface area contributed by atoms with E-state index < -0.39 is 0 Å². The van der Waals surface area contributed by atoms with Crippen LogP contribution in [0.25, 0.3) is 0 Å². The lowest BCUT2D eigenvalue weighted by Crippen LogP contribution is -2.37. The zero-order chi connectivity index (χ0) is 26.8. The second-order valence-corrected chi connectivity index (χ2v) is 10.5. The molecule has 39 heavy (non-hydrogen) atoms. The molecule has 1 atom stereocenters. The molecule has 3 aromatic carbocycles. The van der Waals surface area contributed by atoms with Gasteiger partial charge in [-0.2, -0.15) is 5.10 Å². The highest BCUT2D eigenvalue weighted by atomic mass is 32.1. The summed E-state index contributed by atoms with van der Waals surface area (Å²) in [7, 11) is 0. The van der Waals surface area contributed by atoms with Crippen molar-refractivity contribution < 1.29 is 18.7 Å². The number of benzene rings is 3. The number of carbonyl (C=O) groups excluding carboxylic acids is 2. The topological polar surface area (TPSA) is 62.2 Å². The van der Waals surface area contributed by atoms with E-state index in [4.69, 9.17) is 4.74 Å². The van der Waals surface area contributed by atoms with Crippen molar-refractivity contribution in [2.75, 3.05) is 13.2 Å². The first kappa shape index (κ1) is 25.0. The first-order valence-electron chi connectivity index (χ1n) is 12.8. The summed E-state index contributed by atoms with van der Waals surface area (Å²) < 4.78 is 19.6. The van der Waals surface area contributed by atoms with Crippen molar-refractivity contribution in [3.8, 4) is 5.75 Å². The molecule has 0 N–H and O–H groups in total. The van der Waals surface area contributed by atoms with E-state index >= 15 is 0 Å². The predicted octanol–water partition coefficient (Wildman–Crippen LogP) is 5.84. The number of fused-ring (bicyclic) bond motifs is 1. The first-order chi connectivity index (χ1) is 19.1. The second kappa shape index (κ2) is 10.8. The SMILES string of the molecule is O=C1c2cccc(OCC(=O)N3N=C(c4cccs4)C[C@H]3c3ccc(F)cc3)c2CCN1Cc1ccccc1. The molecule has 1 aromatic heterocycles. The Labute approximate surface area is 230 Å². The van der Waals surface area contributed by atoms with Gasteiger partial charge in [-0.15, -0.1) is 11.3 Å². The Morgan fingerprint density at radius 3 is 2.59 bits per heavy atom. The number of thiophene rings is 1. The maximum absolute atomic E-state index is 13.6. The van der Waals surface area contributed by atoms with Crippen LogP contribution in [0, 0.1) is 5.82 Å². The smallest absolute Gasteiger partial charge is 0.281 e. The molecule has 0 bridgehead atoms. The molecule has 2 amide bonds. The van der Waals surface area contributed by atoms with Crippen LogP contribution in [0.15, 0.2) is 95.4 Å². The standard InChI is InChI=1S/C31H26FN3O3S/c32-23-13-11-22(12-14-23)27-18-26(29-10-5-17-39-29)33-35(27)30(36)20-38-28-9-4-8-25-24(28)15-16-34(31(25)37)19-21-6-2-1-3-7-21/h1-14,17,27H,15-16,18-20H2/t27-/m0/s1. The normalized spacial score (nSPS) is 16.7. The third-order valence-electron chi connectivity index (χ3n) is 7.08. The lowest BCUT2D eigenvalue weighted by atomic mass is 9.97. The number of rotatable bonds is 7. The fourth-order valence-corrected chi connectivity index (χ4v) is 5.84. The highest BCUT2D eigenvalue weighted by Crippen LogP contribution is 2.34. The third-order valence-corrected chi connectivity index (χ3v) is 7.99. The number of nitrogens with zero attached hydrogens (tertiary/aromatic N) is 3. The molecular weight excluding hydrogens is 513 g/mol. The van der Waals surface area contributed by atoms with E-state index in [1.54, 1.807) is 35.6 Å². The molecule has 0 aliphatic carbocycles. The molecule has 0 unspecified atom stereocenters. The zero-order valence-electron chi connectivity index (χ0n) is 21.1. The van der Waals surface area contributed by atoms with E-state index in [1.807, 2.05) is 58.8 Å². The summed E-state index contributed by atoms with van der Waals surface area (Å²) in [5, 5.41) is 8.07. The lowest BCUT2D eigenvalue weighted by molar-refractivity contribution is -0.135. The fraction of sp³-hybridized carbons (Fsp3) is 0.194. The quantitative estimate of drug-likeness (QED) is 0.296. The molecule has 6 nitrogen and oxygen atoms in total. The predicted molar refractivity (Wildman–Crippen MR) is 148 cm³/mol. The van der Waals surface area contributed by atoms with Crippen LogP contribution < -0.4 is 4.74 Å². The van der Waals surface area contributed by atoms with Gasteiger partial charge in [-0.25, -0.2) is 9.40 Å². The van der Waals surface area contributed by atoms with Gasteiger partial charge < -0.3 is 9.64 Å². The van der Waals surface area contributed by atoms with E-state index in [0.29, 0.717) is 37.2 Å². The van der Waals surface area contributed by atoms with Gasteiger partial charge >= 0.3 is 0 Å². The summed E-state index contributed by atoms with van der Waals surface area (Å²) in [6.07, 6.45) is 1.17. The first-order valence-corrected chi connectivity index (χ1v) is 13.7. The largest absolute Gasteiger partial charge is 0.483 e. The molecule has 196 valence electrons. The Morgan fingerprint density at radius 1 is 1.00 bits per heavy atom. The average Bonchev–Trinajstić information content (AvgIpc) is 3.65. The summed E-state index contributed by atoms with van der Waals surface area (Å²) in [6.45, 7) is 0.895. The van der Waals surface area contributed by atoms with E-state index in [1.165, 1.54) is 17.1 Å². The van der Waals surface area contributed by atoms with Crippen molar-refractivity contribution in [2.45, 2.75) is 25.4 Å². The summed E-state index contributed by atoms with van der Waals surface area (Å²) in [6, 6.07) is 25.1. The van der Waals surface area contributed by atoms with Crippen LogP contribution in [0.2, 0.25) is 0 Å². The Balaban J connectivity index is 1.19. The van der Waals surface area contributed by atoms with Crippen molar-refractivity contribution in [3.63, 3.8) is 0 Å². The molecule has 0 radical (unpaired) electrons. The van der Waals surface area contributed by atoms with Crippen LogP contribution in [0.5, 0.6) is 5.75 Å². The fourth-order valence-electron chi connectivity index (χ4n) is 5.11. The number of hydrogen-bond acceptors (Lipinski definition) is 5. The summed E-state index contributed by atoms with van der Waals surface area (Å²) >= 11 is 1.56. The van der Waals surface area contributed by atoms with Crippen molar-refractivity contribution >= 4 is 28.9 Å². The van der Waals surface area contributed by atoms with Gasteiger partial charge in [0.05, 0.1) is 16.6 Å². The number of hydrazone groups is 1. The van der Waals surface area contributed by atoms with Gasteiger partial charge in [0, 0.05) is 30.6 Å². The van der Waals surface area contributed by atoms with Crippen molar-refractivity contribution in [1.29, 1.82) is 0 Å². The van der Waals surface area contributed by atoms with Crippen molar-refractivity contribution in [2.24, 2.45) is 5.10 Å². The van der Waals surface area contributed by atoms with E-state index in [-0.39, 0.29) is 30.3 Å². The van der Waals surface area contributed by atoms with Gasteiger partial charge in [0.25, 0.3) is 11.8 Å². The van der Waals surface area contributed by atoms with E-state index in [9.17, 15) is 14.0 Å². The highest BCUT2D eigenvalue weighted by Gasteiger charge is 2.34. The monoisotopic (exact) mass is 539 g/mol. The lowest BCUT2D eigenvalue weighted by Gasteiger charge is -2.30. The molecule has 8 heteroatoms. The molecule has 3 heterocycles. The number of hydrogen-bond donors (Lipinski definition) is 0. The Morgan fingerprint density at radius 2 is 1.82 bits per heavy atom. The summed E-state index contributed by atoms with van der Waals surface area (Å²) in [5.74, 6) is -0.143. The number of amides is 2. The van der Waals surface area contributed by atoms with Crippen LogP contribution in [0.1, 0.15) is 44.4 Å². The number of ether oxygens (including phenoxy) is 1. The zero-order valence-corrected chi connectivity index (χ0v) is 21.9. The second-order valence-electron chi connectivity index (χ2n) is 9.57. The Hall–Kier alpha value is -4.30. The van der Waals surface area contributed by atoms with Gasteiger partial charge in [0.1, 0.15) is 11.6 Å². The maximum atomic E-state index is 13.6. The number of carbonyl (C=O) groups is 2.